The van der Waals surface area contributed by atoms with E-state index in [1.807, 2.05) is 0 Å². The molecule has 0 aliphatic rings. The average molecular weight is 583 g/mol. The first-order valence-corrected chi connectivity index (χ1v) is 17.7. The topological polar surface area (TPSA) is 103 Å². The van der Waals surface area contributed by atoms with Crippen LogP contribution in [-0.4, -0.2) is 24.6 Å². The van der Waals surface area contributed by atoms with Crippen LogP contribution in [0.4, 0.5) is 0 Å². The third-order valence-electron chi connectivity index (χ3n) is 6.89. The van der Waals surface area contributed by atoms with Crippen LogP contribution in [0.5, 0.6) is 0 Å². The van der Waals surface area contributed by atoms with Gasteiger partial charge in [0.05, 0.1) is 0 Å². The summed E-state index contributed by atoms with van der Waals surface area (Å²) in [6, 6.07) is 33.2. The Kier molecular flexibility index (Phi) is 11.2. The maximum absolute atomic E-state index is 5.64. The summed E-state index contributed by atoms with van der Waals surface area (Å²) >= 11 is 4.55. The molecule has 6 N–H and O–H groups in total. The molecule has 0 fully saturated rings. The van der Waals surface area contributed by atoms with Crippen LogP contribution < -0.4 is 33.1 Å². The SMILES string of the molecule is NC(N)=NC(N)=NCCCCCCCCCCP(Br)(c1ccccc1)(c1ccccc1)c1ccccc1. The number of hydrogen-bond donors (Lipinski definition) is 3. The van der Waals surface area contributed by atoms with Crippen molar-refractivity contribution in [2.75, 3.05) is 12.7 Å². The number of nitrogens with two attached hydrogens (primary N) is 3. The van der Waals surface area contributed by atoms with Crippen molar-refractivity contribution in [1.29, 1.82) is 0 Å². The van der Waals surface area contributed by atoms with Gasteiger partial charge in [0.25, 0.3) is 0 Å². The van der Waals surface area contributed by atoms with Gasteiger partial charge in [0.1, 0.15) is 0 Å². The number of benzene rings is 3. The van der Waals surface area contributed by atoms with Crippen molar-refractivity contribution >= 4 is 48.6 Å². The van der Waals surface area contributed by atoms with Crippen molar-refractivity contribution in [1.82, 2.24) is 0 Å². The number of rotatable bonds is 14. The summed E-state index contributed by atoms with van der Waals surface area (Å²) in [5.41, 5.74) is 16.2. The molecule has 0 aromatic heterocycles. The van der Waals surface area contributed by atoms with E-state index in [0.717, 1.165) is 19.0 Å². The predicted octanol–water partition coefficient (Wildman–Crippen LogP) is 5.54. The fraction of sp³-hybridized carbons (Fsp3) is 0.333. The van der Waals surface area contributed by atoms with Gasteiger partial charge >= 0.3 is 203 Å². The molecule has 37 heavy (non-hydrogen) atoms. The molecule has 0 unspecified atom stereocenters. The molecule has 0 heterocycles. The number of aliphatic imine (C=N–C) groups is 2. The zero-order valence-electron chi connectivity index (χ0n) is 21.7. The van der Waals surface area contributed by atoms with E-state index in [-0.39, 0.29) is 11.9 Å². The molecule has 0 bridgehead atoms. The molecule has 3 rings (SSSR count). The van der Waals surface area contributed by atoms with Crippen molar-refractivity contribution in [3.8, 4) is 0 Å². The third kappa shape index (κ3) is 7.66. The monoisotopic (exact) mass is 581 g/mol. The van der Waals surface area contributed by atoms with Crippen molar-refractivity contribution in [3.63, 3.8) is 0 Å². The maximum atomic E-state index is 5.64. The second-order valence-electron chi connectivity index (χ2n) is 9.52. The predicted molar refractivity (Wildman–Crippen MR) is 168 cm³/mol. The summed E-state index contributed by atoms with van der Waals surface area (Å²) < 4.78 is 0. The van der Waals surface area contributed by atoms with Gasteiger partial charge in [-0.25, -0.2) is 0 Å². The molecule has 3 aromatic rings. The fourth-order valence-electron chi connectivity index (χ4n) is 4.99. The second kappa shape index (κ2) is 14.3. The Morgan fingerprint density at radius 1 is 0.568 bits per heavy atom. The molecule has 0 spiro atoms. The van der Waals surface area contributed by atoms with Crippen molar-refractivity contribution in [2.24, 2.45) is 27.2 Å². The molecule has 3 aromatic carbocycles. The molecule has 5 nitrogen and oxygen atoms in total. The number of unbranched alkanes of at least 4 members (excludes halogenated alkanes) is 7. The minimum absolute atomic E-state index is 0.0527. The van der Waals surface area contributed by atoms with Gasteiger partial charge in [0.2, 0.25) is 0 Å². The van der Waals surface area contributed by atoms with Gasteiger partial charge in [-0.15, -0.1) is 0 Å². The molecule has 198 valence electrons. The van der Waals surface area contributed by atoms with E-state index >= 15 is 0 Å². The summed E-state index contributed by atoms with van der Waals surface area (Å²) in [5, 5.41) is 1.41. The van der Waals surface area contributed by atoms with Gasteiger partial charge in [-0.05, 0) is 0 Å². The summed E-state index contributed by atoms with van der Waals surface area (Å²) in [6.45, 7) is 0.666. The molecule has 0 radical (unpaired) electrons. The van der Waals surface area contributed by atoms with Gasteiger partial charge in [-0.3, -0.25) is 0 Å². The van der Waals surface area contributed by atoms with Crippen LogP contribution in [0.25, 0.3) is 0 Å². The molecule has 0 amide bonds. The van der Waals surface area contributed by atoms with Crippen LogP contribution in [-0.2, 0) is 0 Å². The van der Waals surface area contributed by atoms with Crippen LogP contribution in [0, 0.1) is 0 Å². The van der Waals surface area contributed by atoms with Crippen LogP contribution in [0.2, 0.25) is 0 Å². The first-order chi connectivity index (χ1) is 17.9. The van der Waals surface area contributed by atoms with E-state index in [0.29, 0.717) is 6.54 Å². The summed E-state index contributed by atoms with van der Waals surface area (Å²) in [4.78, 5) is 7.91. The molecule has 0 atom stereocenters. The quantitative estimate of drug-likeness (QED) is 0.101. The van der Waals surface area contributed by atoms with Crippen LogP contribution in [0.3, 0.4) is 0 Å². The first-order valence-electron chi connectivity index (χ1n) is 13.2. The first kappa shape index (κ1) is 28.9. The summed E-state index contributed by atoms with van der Waals surface area (Å²) in [5.74, 6) is 0.105. The Morgan fingerprint density at radius 3 is 1.35 bits per heavy atom. The summed E-state index contributed by atoms with van der Waals surface area (Å²) in [6.07, 6.45) is 10.7. The zero-order valence-corrected chi connectivity index (χ0v) is 24.2. The molecular formula is C30H41BrN5P. The van der Waals surface area contributed by atoms with Crippen LogP contribution in [0.15, 0.2) is 101 Å². The summed E-state index contributed by atoms with van der Waals surface area (Å²) in [7, 11) is 0. The Morgan fingerprint density at radius 2 is 0.946 bits per heavy atom. The van der Waals surface area contributed by atoms with E-state index in [4.69, 9.17) is 17.2 Å². The molecule has 0 aliphatic carbocycles. The Balaban J connectivity index is 1.59. The number of guanidine groups is 2. The van der Waals surface area contributed by atoms with Crippen molar-refractivity contribution in [3.05, 3.63) is 91.0 Å². The van der Waals surface area contributed by atoms with Gasteiger partial charge < -0.3 is 17.2 Å². The van der Waals surface area contributed by atoms with Crippen molar-refractivity contribution in [2.45, 2.75) is 51.4 Å². The van der Waals surface area contributed by atoms with E-state index < -0.39 is 5.31 Å². The van der Waals surface area contributed by atoms with E-state index in [2.05, 4.69) is 116 Å². The van der Waals surface area contributed by atoms with Gasteiger partial charge in [-0.1, -0.05) is 0 Å². The van der Waals surface area contributed by atoms with Crippen LogP contribution >= 0.6 is 20.8 Å². The van der Waals surface area contributed by atoms with Gasteiger partial charge in [0, 0.05) is 0 Å². The molecule has 0 saturated heterocycles. The molecule has 0 aliphatic heterocycles. The standard InChI is InChI=1S/C30H41BrN5P/c31-37(26-18-10-7-11-19-26,27-20-12-8-13-21-27,28-22-14-9-15-23-28)25-17-6-4-2-1-3-5-16-24-35-30(34)36-29(32)33/h7-15,18-23H,1-6,16-17,24-25H2,(H6,32,33,34,35,36). The Labute approximate surface area is 230 Å². The zero-order chi connectivity index (χ0) is 26.4. The fourth-order valence-corrected chi connectivity index (χ4v) is 12.7. The van der Waals surface area contributed by atoms with E-state index in [1.165, 1.54) is 54.4 Å². The Hall–Kier alpha value is -2.69. The van der Waals surface area contributed by atoms with Gasteiger partial charge in [0.15, 0.2) is 5.96 Å². The number of hydrogen-bond acceptors (Lipinski definition) is 1. The Bertz CT molecular complexity index is 1030. The second-order valence-corrected chi connectivity index (χ2v) is 18.6. The number of nitrogens with zero attached hydrogens (tertiary/aromatic N) is 2. The average Bonchev–Trinajstić information content (AvgIpc) is 2.93. The molecule has 7 heteroatoms. The molecular weight excluding hydrogens is 541 g/mol. The van der Waals surface area contributed by atoms with Gasteiger partial charge in [-0.2, -0.15) is 4.99 Å². The van der Waals surface area contributed by atoms with E-state index in [1.54, 1.807) is 0 Å². The normalized spacial score (nSPS) is 13.0. The number of halogens is 1. The van der Waals surface area contributed by atoms with Crippen LogP contribution in [0.1, 0.15) is 51.4 Å². The molecule has 0 saturated carbocycles. The van der Waals surface area contributed by atoms with Crippen molar-refractivity contribution < 1.29 is 0 Å². The third-order valence-corrected chi connectivity index (χ3v) is 16.9. The minimum atomic E-state index is -2.78. The van der Waals surface area contributed by atoms with E-state index in [9.17, 15) is 0 Å².